The molecule has 0 spiro atoms. The molecule has 1 aromatic heterocycles. The third kappa shape index (κ3) is 9.43. The van der Waals surface area contributed by atoms with Crippen LogP contribution in [0.3, 0.4) is 0 Å². The number of nitrogens with one attached hydrogen (secondary N) is 1. The van der Waals surface area contributed by atoms with Crippen LogP contribution in [-0.2, 0) is 11.3 Å². The maximum atomic E-state index is 12.6. The summed E-state index contributed by atoms with van der Waals surface area (Å²) >= 11 is 0. The Labute approximate surface area is 314 Å². The topological polar surface area (TPSA) is 95.5 Å². The SMILES string of the molecule is COc1cc2c(NC3CCN(Cc4ccccc4)CC3)nc(N3CCN(c4ccccc4)CC3)nc2cc1OCC1CCN(C(=O)OC(C)(C)C)CC1. The molecule has 0 aliphatic carbocycles. The van der Waals surface area contributed by atoms with E-state index in [2.05, 4.69) is 80.7 Å². The molecule has 11 heteroatoms. The number of fused-ring (bicyclic) bond motifs is 1. The Bertz CT molecular complexity index is 1800. The van der Waals surface area contributed by atoms with E-state index in [0.29, 0.717) is 43.2 Å². The number of amides is 1. The highest BCUT2D eigenvalue weighted by Gasteiger charge is 2.28. The molecule has 1 amide bonds. The molecule has 0 saturated carbocycles. The number of rotatable bonds is 10. The van der Waals surface area contributed by atoms with Crippen molar-refractivity contribution < 1.29 is 19.0 Å². The molecule has 0 atom stereocenters. The molecule has 3 aliphatic heterocycles. The lowest BCUT2D eigenvalue weighted by molar-refractivity contribution is 0.0164. The molecule has 3 saturated heterocycles. The molecule has 3 aromatic carbocycles. The minimum atomic E-state index is -0.501. The van der Waals surface area contributed by atoms with Gasteiger partial charge in [-0.3, -0.25) is 4.90 Å². The summed E-state index contributed by atoms with van der Waals surface area (Å²) < 4.78 is 18.0. The minimum absolute atomic E-state index is 0.243. The summed E-state index contributed by atoms with van der Waals surface area (Å²) in [5.41, 5.74) is 2.94. The van der Waals surface area contributed by atoms with E-state index in [1.54, 1.807) is 12.0 Å². The molecule has 0 unspecified atom stereocenters. The second-order valence-corrected chi connectivity index (χ2v) is 15.6. The standard InChI is InChI=1S/C42H55N7O4/c1-42(2,3)53-41(50)49-21-15-32(16-22-49)30-52-38-28-36-35(27-37(38)51-4)39(43-33-17-19-46(20-18-33)29-31-11-7-5-8-12-31)45-40(44-36)48-25-23-47(24-26-48)34-13-9-6-10-14-34/h5-14,27-28,32-33H,15-26,29-30H2,1-4H3,(H,43,44,45). The van der Waals surface area contributed by atoms with Crippen LogP contribution in [0.4, 0.5) is 22.2 Å². The number of hydrogen-bond acceptors (Lipinski definition) is 10. The number of nitrogens with zero attached hydrogens (tertiary/aromatic N) is 6. The Balaban J connectivity index is 1.07. The van der Waals surface area contributed by atoms with Gasteiger partial charge >= 0.3 is 6.09 Å². The highest BCUT2D eigenvalue weighted by molar-refractivity contribution is 5.93. The van der Waals surface area contributed by atoms with Crippen molar-refractivity contribution in [2.45, 2.75) is 64.6 Å². The molecule has 3 aliphatic rings. The lowest BCUT2D eigenvalue weighted by atomic mass is 9.98. The fourth-order valence-electron chi connectivity index (χ4n) is 7.54. The zero-order valence-corrected chi connectivity index (χ0v) is 31.8. The van der Waals surface area contributed by atoms with Crippen molar-refractivity contribution in [3.63, 3.8) is 0 Å². The number of aromatic nitrogens is 2. The second-order valence-electron chi connectivity index (χ2n) is 15.6. The Hall–Kier alpha value is -4.77. The number of methoxy groups -OCH3 is 1. The second kappa shape index (κ2) is 16.5. The van der Waals surface area contributed by atoms with Crippen LogP contribution in [0.15, 0.2) is 72.8 Å². The van der Waals surface area contributed by atoms with Gasteiger partial charge in [0.1, 0.15) is 11.4 Å². The monoisotopic (exact) mass is 721 g/mol. The zero-order valence-electron chi connectivity index (χ0n) is 31.8. The van der Waals surface area contributed by atoms with Gasteiger partial charge in [0.25, 0.3) is 0 Å². The summed E-state index contributed by atoms with van der Waals surface area (Å²) in [6, 6.07) is 25.7. The lowest BCUT2D eigenvalue weighted by Gasteiger charge is -2.36. The average Bonchev–Trinajstić information content (AvgIpc) is 3.18. The number of anilines is 3. The number of ether oxygens (including phenoxy) is 3. The van der Waals surface area contributed by atoms with E-state index in [4.69, 9.17) is 24.2 Å². The summed E-state index contributed by atoms with van der Waals surface area (Å²) in [6.45, 7) is 14.1. The normalized spacial score (nSPS) is 17.9. The Morgan fingerprint density at radius 3 is 2.11 bits per heavy atom. The first-order valence-corrected chi connectivity index (χ1v) is 19.3. The van der Waals surface area contributed by atoms with Gasteiger partial charge < -0.3 is 34.2 Å². The molecule has 282 valence electrons. The van der Waals surface area contributed by atoms with Crippen LogP contribution < -0.4 is 24.6 Å². The predicted octanol–water partition coefficient (Wildman–Crippen LogP) is 7.07. The number of piperazine rings is 1. The maximum absolute atomic E-state index is 12.6. The molecule has 53 heavy (non-hydrogen) atoms. The lowest BCUT2D eigenvalue weighted by Crippen LogP contribution is -2.47. The molecule has 4 aromatic rings. The van der Waals surface area contributed by atoms with Crippen molar-refractivity contribution in [1.82, 2.24) is 19.8 Å². The van der Waals surface area contributed by atoms with Crippen LogP contribution >= 0.6 is 0 Å². The van der Waals surface area contributed by atoms with Crippen LogP contribution in [0, 0.1) is 5.92 Å². The van der Waals surface area contributed by atoms with Gasteiger partial charge in [-0.1, -0.05) is 48.5 Å². The van der Waals surface area contributed by atoms with Gasteiger partial charge in [-0.15, -0.1) is 0 Å². The molecule has 1 N–H and O–H groups in total. The molecule has 4 heterocycles. The van der Waals surface area contributed by atoms with Gasteiger partial charge in [-0.05, 0) is 76.1 Å². The van der Waals surface area contributed by atoms with E-state index in [1.165, 1.54) is 11.3 Å². The molecule has 0 bridgehead atoms. The number of carbonyl (C=O) groups excluding carboxylic acids is 1. The van der Waals surface area contributed by atoms with Crippen LogP contribution in [0.1, 0.15) is 52.0 Å². The van der Waals surface area contributed by atoms with E-state index in [1.807, 2.05) is 32.9 Å². The minimum Gasteiger partial charge on any atom is -0.493 e. The van der Waals surface area contributed by atoms with Crippen molar-refractivity contribution >= 4 is 34.4 Å². The van der Waals surface area contributed by atoms with Gasteiger partial charge in [-0.2, -0.15) is 4.98 Å². The average molecular weight is 722 g/mol. The van der Waals surface area contributed by atoms with Gasteiger partial charge in [0.2, 0.25) is 5.95 Å². The largest absolute Gasteiger partial charge is 0.493 e. The van der Waals surface area contributed by atoms with Gasteiger partial charge in [0, 0.05) is 82.1 Å². The number of para-hydroxylation sites is 1. The smallest absolute Gasteiger partial charge is 0.410 e. The molecular formula is C42H55N7O4. The van der Waals surface area contributed by atoms with Crippen molar-refractivity contribution in [1.29, 1.82) is 0 Å². The first-order chi connectivity index (χ1) is 25.7. The summed E-state index contributed by atoms with van der Waals surface area (Å²) in [5.74, 6) is 3.24. The molecule has 0 radical (unpaired) electrons. The van der Waals surface area contributed by atoms with E-state index in [0.717, 1.165) is 94.2 Å². The highest BCUT2D eigenvalue weighted by Crippen LogP contribution is 2.37. The summed E-state index contributed by atoms with van der Waals surface area (Å²) in [7, 11) is 1.68. The Kier molecular flexibility index (Phi) is 11.4. The Morgan fingerprint density at radius 2 is 1.45 bits per heavy atom. The number of carbonyl (C=O) groups is 1. The van der Waals surface area contributed by atoms with E-state index >= 15 is 0 Å². The van der Waals surface area contributed by atoms with Crippen LogP contribution in [-0.4, -0.2) is 104 Å². The van der Waals surface area contributed by atoms with Crippen molar-refractivity contribution in [2.24, 2.45) is 5.92 Å². The van der Waals surface area contributed by atoms with E-state index in [9.17, 15) is 4.79 Å². The fourth-order valence-corrected chi connectivity index (χ4v) is 7.54. The molecule has 7 rings (SSSR count). The van der Waals surface area contributed by atoms with Crippen molar-refractivity contribution in [3.8, 4) is 11.5 Å². The summed E-state index contributed by atoms with van der Waals surface area (Å²) in [5, 5.41) is 4.78. The zero-order chi connectivity index (χ0) is 36.8. The third-order valence-corrected chi connectivity index (χ3v) is 10.6. The van der Waals surface area contributed by atoms with Crippen LogP contribution in [0.5, 0.6) is 11.5 Å². The van der Waals surface area contributed by atoms with Gasteiger partial charge in [0.15, 0.2) is 11.5 Å². The number of piperidine rings is 2. The summed E-state index contributed by atoms with van der Waals surface area (Å²) in [4.78, 5) is 32.0. The number of benzene rings is 3. The van der Waals surface area contributed by atoms with E-state index < -0.39 is 5.60 Å². The first kappa shape index (κ1) is 36.6. The van der Waals surface area contributed by atoms with Crippen molar-refractivity contribution in [2.75, 3.05) is 81.2 Å². The fraction of sp³-hybridized carbons (Fsp3) is 0.500. The molecular weight excluding hydrogens is 667 g/mol. The number of hydrogen-bond donors (Lipinski definition) is 1. The quantitative estimate of drug-likeness (QED) is 0.183. The van der Waals surface area contributed by atoms with Crippen LogP contribution in [0.2, 0.25) is 0 Å². The van der Waals surface area contributed by atoms with Crippen molar-refractivity contribution in [3.05, 3.63) is 78.4 Å². The maximum Gasteiger partial charge on any atom is 0.410 e. The van der Waals surface area contributed by atoms with Gasteiger partial charge in [-0.25, -0.2) is 9.78 Å². The Morgan fingerprint density at radius 1 is 0.792 bits per heavy atom. The highest BCUT2D eigenvalue weighted by atomic mass is 16.6. The first-order valence-electron chi connectivity index (χ1n) is 19.3. The number of likely N-dealkylation sites (tertiary alicyclic amines) is 2. The van der Waals surface area contributed by atoms with Gasteiger partial charge in [0.05, 0.1) is 19.2 Å². The van der Waals surface area contributed by atoms with E-state index in [-0.39, 0.29) is 6.09 Å². The predicted molar refractivity (Wildman–Crippen MR) is 211 cm³/mol. The van der Waals surface area contributed by atoms with Crippen LogP contribution in [0.25, 0.3) is 10.9 Å². The summed E-state index contributed by atoms with van der Waals surface area (Å²) in [6.07, 6.45) is 3.54. The molecule has 11 nitrogen and oxygen atoms in total. The molecule has 3 fully saturated rings. The third-order valence-electron chi connectivity index (χ3n) is 10.6.